The highest BCUT2D eigenvalue weighted by molar-refractivity contribution is 5.17. The molecule has 0 unspecified atom stereocenters. The third-order valence-corrected chi connectivity index (χ3v) is 12.2. The molecular weight excluding hydrogens is 845 g/mol. The maximum Gasteiger partial charge on any atom is 0.187 e. The van der Waals surface area contributed by atoms with Gasteiger partial charge in [-0.25, -0.2) is 0 Å². The summed E-state index contributed by atoms with van der Waals surface area (Å²) in [7, 11) is 0. The SMILES string of the molecule is C[C@@H]1O[C@@H](O[C@H]2[C@@H](O)[C@H](O)[C@H](OCc3ccccc3)O[C@H]2C)[C@@H](O)[C@@H](OCc2ccccc2)[C@H]1O[C@@H]1O[C@@H](C)[C@@H](OCc2ccccc2)[C@@H](OCc2ccccc2)[C@@H]1OCc1ccccc1. The summed E-state index contributed by atoms with van der Waals surface area (Å²) in [6.07, 6.45) is -15.1. The number of hydrogen-bond donors (Lipinski definition) is 3. The number of ether oxygens (including phenoxy) is 10. The molecule has 352 valence electrons. The van der Waals surface area contributed by atoms with Crippen molar-refractivity contribution >= 4 is 0 Å². The van der Waals surface area contributed by atoms with Gasteiger partial charge in [0.15, 0.2) is 18.9 Å². The van der Waals surface area contributed by atoms with E-state index in [1.54, 1.807) is 13.8 Å². The summed E-state index contributed by atoms with van der Waals surface area (Å²) < 4.78 is 65.2. The van der Waals surface area contributed by atoms with Gasteiger partial charge in [-0.3, -0.25) is 0 Å². The number of aliphatic hydroxyl groups is 3. The summed E-state index contributed by atoms with van der Waals surface area (Å²) in [5.41, 5.74) is 4.66. The number of rotatable bonds is 19. The van der Waals surface area contributed by atoms with Crippen molar-refractivity contribution in [2.24, 2.45) is 0 Å². The van der Waals surface area contributed by atoms with Crippen LogP contribution in [0.5, 0.6) is 0 Å². The van der Waals surface area contributed by atoms with E-state index in [-0.39, 0.29) is 26.4 Å². The van der Waals surface area contributed by atoms with Crippen molar-refractivity contribution in [2.75, 3.05) is 0 Å². The van der Waals surface area contributed by atoms with Crippen LogP contribution in [0.2, 0.25) is 0 Å². The molecule has 3 aliphatic heterocycles. The van der Waals surface area contributed by atoms with Crippen LogP contribution in [0.25, 0.3) is 0 Å². The Morgan fingerprint density at radius 3 is 1.12 bits per heavy atom. The summed E-state index contributed by atoms with van der Waals surface area (Å²) >= 11 is 0. The smallest absolute Gasteiger partial charge is 0.187 e. The molecule has 13 heteroatoms. The van der Waals surface area contributed by atoms with Crippen LogP contribution in [-0.4, -0.2) is 107 Å². The lowest BCUT2D eigenvalue weighted by Gasteiger charge is -2.50. The first-order valence-electron chi connectivity index (χ1n) is 22.8. The molecule has 0 aromatic heterocycles. The van der Waals surface area contributed by atoms with Crippen molar-refractivity contribution in [2.45, 2.75) is 146 Å². The first-order chi connectivity index (χ1) is 32.2. The summed E-state index contributed by atoms with van der Waals surface area (Å²) in [5.74, 6) is 0. The summed E-state index contributed by atoms with van der Waals surface area (Å²) in [4.78, 5) is 0. The molecule has 13 nitrogen and oxygen atoms in total. The number of aliphatic hydroxyl groups excluding tert-OH is 3. The van der Waals surface area contributed by atoms with Crippen LogP contribution in [0.1, 0.15) is 48.6 Å². The molecule has 0 bridgehead atoms. The Hall–Kier alpha value is -4.42. The van der Waals surface area contributed by atoms with Crippen LogP contribution in [0.3, 0.4) is 0 Å². The fourth-order valence-electron chi connectivity index (χ4n) is 8.62. The zero-order valence-corrected chi connectivity index (χ0v) is 37.6. The first-order valence-corrected chi connectivity index (χ1v) is 22.8. The van der Waals surface area contributed by atoms with Gasteiger partial charge in [-0.15, -0.1) is 0 Å². The van der Waals surface area contributed by atoms with Gasteiger partial charge in [0.25, 0.3) is 0 Å². The van der Waals surface area contributed by atoms with Crippen molar-refractivity contribution in [1.29, 1.82) is 0 Å². The van der Waals surface area contributed by atoms with Gasteiger partial charge in [-0.1, -0.05) is 152 Å². The van der Waals surface area contributed by atoms with Gasteiger partial charge in [0, 0.05) is 0 Å². The minimum absolute atomic E-state index is 0.126. The maximum atomic E-state index is 12.2. The van der Waals surface area contributed by atoms with Crippen LogP contribution in [0.4, 0.5) is 0 Å². The minimum atomic E-state index is -1.45. The standard InChI is InChI=1S/C53H62O13/c1-34-45(42(54)43(55)51(62-34)61-33-41-27-17-8-18-28-41)65-52-44(56)48(58-30-38-21-11-5-12-22-38)47(36(3)63-52)66-53-50(60-32-40-25-15-7-16-26-40)49(59-31-39-23-13-6-14-24-39)46(35(2)64-53)57-29-37-19-9-4-10-20-37/h4-28,34-36,42-56H,29-33H2,1-3H3/t34-,35-,36-,42-,43-,44-,45+,46+,47-,48+,49+,50-,51+,52-,53-/m0/s1. The van der Waals surface area contributed by atoms with E-state index in [2.05, 4.69) is 0 Å². The highest BCUT2D eigenvalue weighted by atomic mass is 16.8. The van der Waals surface area contributed by atoms with Crippen molar-refractivity contribution in [3.63, 3.8) is 0 Å². The molecule has 66 heavy (non-hydrogen) atoms. The lowest BCUT2D eigenvalue weighted by molar-refractivity contribution is -0.381. The molecule has 3 aliphatic rings. The third-order valence-electron chi connectivity index (χ3n) is 12.2. The van der Waals surface area contributed by atoms with Crippen LogP contribution >= 0.6 is 0 Å². The molecule has 5 aromatic carbocycles. The average molecular weight is 907 g/mol. The van der Waals surface area contributed by atoms with E-state index in [0.717, 1.165) is 27.8 Å². The lowest BCUT2D eigenvalue weighted by atomic mass is 9.96. The van der Waals surface area contributed by atoms with Crippen molar-refractivity contribution in [3.8, 4) is 0 Å². The summed E-state index contributed by atoms with van der Waals surface area (Å²) in [6.45, 7) is 6.52. The Kier molecular flexibility index (Phi) is 17.1. The zero-order chi connectivity index (χ0) is 45.8. The second kappa shape index (κ2) is 23.5. The molecule has 0 amide bonds. The second-order valence-electron chi connectivity index (χ2n) is 17.1. The molecule has 15 atom stereocenters. The predicted molar refractivity (Wildman–Crippen MR) is 242 cm³/mol. The van der Waals surface area contributed by atoms with E-state index >= 15 is 0 Å². The van der Waals surface area contributed by atoms with E-state index in [1.165, 1.54) is 0 Å². The molecule has 0 spiro atoms. The van der Waals surface area contributed by atoms with Crippen LogP contribution in [0, 0.1) is 0 Å². The molecule has 5 aromatic rings. The quantitative estimate of drug-likeness (QED) is 0.0814. The monoisotopic (exact) mass is 906 g/mol. The largest absolute Gasteiger partial charge is 0.387 e. The van der Waals surface area contributed by atoms with Crippen molar-refractivity contribution in [1.82, 2.24) is 0 Å². The molecule has 3 N–H and O–H groups in total. The van der Waals surface area contributed by atoms with E-state index in [4.69, 9.17) is 47.4 Å². The van der Waals surface area contributed by atoms with Crippen LogP contribution in [0.15, 0.2) is 152 Å². The molecular formula is C53H62O13. The third kappa shape index (κ3) is 12.4. The Balaban J connectivity index is 1.04. The van der Waals surface area contributed by atoms with Crippen molar-refractivity contribution < 1.29 is 62.7 Å². The van der Waals surface area contributed by atoms with Gasteiger partial charge in [-0.2, -0.15) is 0 Å². The fraction of sp³-hybridized carbons (Fsp3) is 0.434. The van der Waals surface area contributed by atoms with Crippen LogP contribution < -0.4 is 0 Å². The number of hydrogen-bond acceptors (Lipinski definition) is 13. The molecule has 8 rings (SSSR count). The summed E-state index contributed by atoms with van der Waals surface area (Å²) in [6, 6.07) is 48.7. The number of benzene rings is 5. The Labute approximate surface area is 387 Å². The Morgan fingerprint density at radius 1 is 0.318 bits per heavy atom. The van der Waals surface area contributed by atoms with Gasteiger partial charge in [0.05, 0.1) is 51.3 Å². The molecule has 0 radical (unpaired) electrons. The highest BCUT2D eigenvalue weighted by Crippen LogP contribution is 2.36. The van der Waals surface area contributed by atoms with E-state index in [9.17, 15) is 15.3 Å². The van der Waals surface area contributed by atoms with Crippen LogP contribution in [-0.2, 0) is 80.4 Å². The first kappa shape index (κ1) is 48.1. The van der Waals surface area contributed by atoms with E-state index in [0.29, 0.717) is 6.61 Å². The molecule has 3 saturated heterocycles. The minimum Gasteiger partial charge on any atom is -0.387 e. The maximum absolute atomic E-state index is 12.2. The van der Waals surface area contributed by atoms with Gasteiger partial charge < -0.3 is 62.7 Å². The Morgan fingerprint density at radius 2 is 0.652 bits per heavy atom. The van der Waals surface area contributed by atoms with Gasteiger partial charge in [0.2, 0.25) is 0 Å². The zero-order valence-electron chi connectivity index (χ0n) is 37.6. The molecule has 0 saturated carbocycles. The van der Waals surface area contributed by atoms with E-state index < -0.39 is 92.1 Å². The predicted octanol–water partition coefficient (Wildman–Crippen LogP) is 6.63. The normalized spacial score (nSPS) is 32.5. The van der Waals surface area contributed by atoms with Crippen molar-refractivity contribution in [3.05, 3.63) is 179 Å². The second-order valence-corrected chi connectivity index (χ2v) is 17.1. The highest BCUT2D eigenvalue weighted by Gasteiger charge is 2.54. The molecule has 3 fully saturated rings. The van der Waals surface area contributed by atoms with Gasteiger partial charge >= 0.3 is 0 Å². The van der Waals surface area contributed by atoms with Gasteiger partial charge in [0.1, 0.15) is 54.9 Å². The van der Waals surface area contributed by atoms with Gasteiger partial charge in [-0.05, 0) is 48.6 Å². The average Bonchev–Trinajstić information content (AvgIpc) is 3.35. The van der Waals surface area contributed by atoms with E-state index in [1.807, 2.05) is 159 Å². The molecule has 0 aliphatic carbocycles. The topological polar surface area (TPSA) is 153 Å². The molecule has 3 heterocycles. The fourth-order valence-corrected chi connectivity index (χ4v) is 8.62. The summed E-state index contributed by atoms with van der Waals surface area (Å²) in [5, 5.41) is 34.8. The lowest BCUT2D eigenvalue weighted by Crippen LogP contribution is -2.66. The Bertz CT molecular complexity index is 2140.